The molecule has 2 bridgehead atoms. The Morgan fingerprint density at radius 1 is 1.27 bits per heavy atom. The van der Waals surface area contributed by atoms with Crippen molar-refractivity contribution in [1.29, 1.82) is 0 Å². The van der Waals surface area contributed by atoms with Gasteiger partial charge in [-0.3, -0.25) is 0 Å². The summed E-state index contributed by atoms with van der Waals surface area (Å²) in [5.74, 6) is 2.86. The highest BCUT2D eigenvalue weighted by Crippen LogP contribution is 2.71. The Balaban J connectivity index is 2.11. The summed E-state index contributed by atoms with van der Waals surface area (Å²) in [5, 5.41) is 0. The summed E-state index contributed by atoms with van der Waals surface area (Å²) in [6.45, 7) is 9.94. The molecular weight excluding hydrogens is 180 g/mol. The zero-order valence-electron chi connectivity index (χ0n) is 10.6. The molecule has 2 saturated carbocycles. The van der Waals surface area contributed by atoms with Crippen molar-refractivity contribution in [3.63, 3.8) is 0 Å². The molecule has 3 aliphatic carbocycles. The quantitative estimate of drug-likeness (QED) is 0.513. The molecule has 0 aromatic rings. The van der Waals surface area contributed by atoms with Gasteiger partial charge in [0.1, 0.15) is 0 Å². The van der Waals surface area contributed by atoms with Crippen molar-refractivity contribution in [1.82, 2.24) is 0 Å². The highest BCUT2D eigenvalue weighted by Gasteiger charge is 2.62. The summed E-state index contributed by atoms with van der Waals surface area (Å²) >= 11 is 0. The lowest BCUT2D eigenvalue weighted by atomic mass is 9.68. The maximum Gasteiger partial charge on any atom is -0.0146 e. The van der Waals surface area contributed by atoms with Gasteiger partial charge in [-0.2, -0.15) is 0 Å². The van der Waals surface area contributed by atoms with E-state index in [9.17, 15) is 0 Å². The molecule has 0 amide bonds. The summed E-state index contributed by atoms with van der Waals surface area (Å²) in [4.78, 5) is 0. The first-order chi connectivity index (χ1) is 6.98. The molecule has 0 heterocycles. The maximum absolute atomic E-state index is 2.57. The highest BCUT2D eigenvalue weighted by atomic mass is 14.7. The van der Waals surface area contributed by atoms with Crippen molar-refractivity contribution in [2.45, 2.75) is 53.4 Å². The summed E-state index contributed by atoms with van der Waals surface area (Å²) in [5.41, 5.74) is 2.96. The van der Waals surface area contributed by atoms with Crippen LogP contribution in [0.4, 0.5) is 0 Å². The Labute approximate surface area is 94.1 Å². The Morgan fingerprint density at radius 3 is 2.73 bits per heavy atom. The molecule has 3 rings (SSSR count). The molecule has 0 aliphatic heterocycles. The second-order valence-corrected chi connectivity index (χ2v) is 6.99. The Morgan fingerprint density at radius 2 is 2.00 bits per heavy atom. The van der Waals surface area contributed by atoms with Crippen LogP contribution in [0, 0.1) is 28.6 Å². The molecule has 1 unspecified atom stereocenters. The van der Waals surface area contributed by atoms with Gasteiger partial charge in [-0.05, 0) is 61.2 Å². The van der Waals surface area contributed by atoms with E-state index in [2.05, 4.69) is 33.8 Å². The molecule has 84 valence electrons. The van der Waals surface area contributed by atoms with Gasteiger partial charge in [-0.25, -0.2) is 0 Å². The summed E-state index contributed by atoms with van der Waals surface area (Å²) in [7, 11) is 0. The van der Waals surface area contributed by atoms with Crippen LogP contribution < -0.4 is 0 Å². The molecule has 3 aliphatic rings. The third kappa shape index (κ3) is 0.990. The second kappa shape index (κ2) is 2.70. The fourth-order valence-electron chi connectivity index (χ4n) is 5.35. The van der Waals surface area contributed by atoms with Crippen LogP contribution in [0.5, 0.6) is 0 Å². The maximum atomic E-state index is 2.57. The van der Waals surface area contributed by atoms with Gasteiger partial charge < -0.3 is 0 Å². The van der Waals surface area contributed by atoms with Crippen LogP contribution >= 0.6 is 0 Å². The van der Waals surface area contributed by atoms with Gasteiger partial charge in [-0.15, -0.1) is 0 Å². The van der Waals surface area contributed by atoms with Gasteiger partial charge in [0, 0.05) is 0 Å². The van der Waals surface area contributed by atoms with E-state index < -0.39 is 0 Å². The van der Waals surface area contributed by atoms with E-state index in [0.29, 0.717) is 10.8 Å². The van der Waals surface area contributed by atoms with Crippen LogP contribution in [0.15, 0.2) is 11.6 Å². The fraction of sp³-hybridized carbons (Fsp3) is 0.867. The first kappa shape index (κ1) is 9.93. The van der Waals surface area contributed by atoms with Gasteiger partial charge >= 0.3 is 0 Å². The number of allylic oxidation sites excluding steroid dienone is 2. The van der Waals surface area contributed by atoms with Crippen LogP contribution in [-0.4, -0.2) is 0 Å². The Bertz CT molecular complexity index is 323. The van der Waals surface area contributed by atoms with Gasteiger partial charge in [0.15, 0.2) is 0 Å². The fourth-order valence-corrected chi connectivity index (χ4v) is 5.35. The van der Waals surface area contributed by atoms with Crippen molar-refractivity contribution < 1.29 is 0 Å². The monoisotopic (exact) mass is 204 g/mol. The van der Waals surface area contributed by atoms with Crippen molar-refractivity contribution >= 4 is 0 Å². The Hall–Kier alpha value is -0.260. The molecule has 1 spiro atoms. The predicted molar refractivity (Wildman–Crippen MR) is 64.6 cm³/mol. The summed E-state index contributed by atoms with van der Waals surface area (Å²) < 4.78 is 0. The lowest BCUT2D eigenvalue weighted by Gasteiger charge is -2.36. The first-order valence-electron chi connectivity index (χ1n) is 6.65. The number of hydrogen-bond acceptors (Lipinski definition) is 0. The molecule has 0 aromatic heterocycles. The molecule has 0 N–H and O–H groups in total. The number of fused-ring (bicyclic) bond motifs is 1. The van der Waals surface area contributed by atoms with Gasteiger partial charge in [0.25, 0.3) is 0 Å². The van der Waals surface area contributed by atoms with E-state index >= 15 is 0 Å². The molecule has 0 radical (unpaired) electrons. The van der Waals surface area contributed by atoms with Crippen LogP contribution in [0.25, 0.3) is 0 Å². The summed E-state index contributed by atoms with van der Waals surface area (Å²) in [6.07, 6.45) is 8.41. The van der Waals surface area contributed by atoms with E-state index in [1.54, 1.807) is 5.57 Å². The van der Waals surface area contributed by atoms with E-state index in [4.69, 9.17) is 0 Å². The van der Waals surface area contributed by atoms with Crippen molar-refractivity contribution in [3.8, 4) is 0 Å². The SMILES string of the molecule is CC1=CC[C@]23CC1C(C)(C)[C@H]2CC[C@@H]3C. The normalized spacial score (nSPS) is 51.5. The molecule has 0 aromatic carbocycles. The predicted octanol–water partition coefficient (Wildman–Crippen LogP) is 4.42. The number of hydrogen-bond donors (Lipinski definition) is 0. The smallest absolute Gasteiger partial charge is 0.0146 e. The van der Waals surface area contributed by atoms with E-state index in [1.165, 1.54) is 25.7 Å². The molecule has 15 heavy (non-hydrogen) atoms. The largest absolute Gasteiger partial charge is 0.0847 e. The van der Waals surface area contributed by atoms with Gasteiger partial charge in [0.2, 0.25) is 0 Å². The van der Waals surface area contributed by atoms with Crippen LogP contribution in [-0.2, 0) is 0 Å². The van der Waals surface area contributed by atoms with E-state index in [1.807, 2.05) is 0 Å². The van der Waals surface area contributed by atoms with E-state index in [-0.39, 0.29) is 0 Å². The average molecular weight is 204 g/mol. The topological polar surface area (TPSA) is 0 Å². The zero-order valence-corrected chi connectivity index (χ0v) is 10.6. The average Bonchev–Trinajstić information content (AvgIpc) is 2.57. The minimum Gasteiger partial charge on any atom is -0.0847 e. The minimum atomic E-state index is 0.571. The molecule has 0 saturated heterocycles. The minimum absolute atomic E-state index is 0.571. The molecular formula is C15H24. The highest BCUT2D eigenvalue weighted by molar-refractivity contribution is 5.25. The van der Waals surface area contributed by atoms with Crippen LogP contribution in [0.1, 0.15) is 53.4 Å². The molecule has 0 nitrogen and oxygen atoms in total. The number of rotatable bonds is 0. The van der Waals surface area contributed by atoms with Crippen LogP contribution in [0.3, 0.4) is 0 Å². The lowest BCUT2D eigenvalue weighted by Crippen LogP contribution is -2.30. The third-order valence-corrected chi connectivity index (χ3v) is 6.30. The molecule has 0 heteroatoms. The molecule has 4 atom stereocenters. The zero-order chi connectivity index (χ0) is 10.8. The van der Waals surface area contributed by atoms with Gasteiger partial charge in [0.05, 0.1) is 0 Å². The van der Waals surface area contributed by atoms with Crippen molar-refractivity contribution in [2.24, 2.45) is 28.6 Å². The van der Waals surface area contributed by atoms with E-state index in [0.717, 1.165) is 17.8 Å². The van der Waals surface area contributed by atoms with Crippen molar-refractivity contribution in [2.75, 3.05) is 0 Å². The van der Waals surface area contributed by atoms with Gasteiger partial charge in [-0.1, -0.05) is 32.4 Å². The van der Waals surface area contributed by atoms with Crippen molar-refractivity contribution in [3.05, 3.63) is 11.6 Å². The molecule has 2 fully saturated rings. The third-order valence-electron chi connectivity index (χ3n) is 6.30. The standard InChI is InChI=1S/C15H24/c1-10-7-8-15-9-12(10)14(3,4)13(15)6-5-11(15)2/h7,11-13H,5-6,8-9H2,1-4H3/t11-,12?,13+,15+/m0/s1. The lowest BCUT2D eigenvalue weighted by molar-refractivity contribution is 0.128. The summed E-state index contributed by atoms with van der Waals surface area (Å²) in [6, 6.07) is 0. The second-order valence-electron chi connectivity index (χ2n) is 6.99. The van der Waals surface area contributed by atoms with Crippen LogP contribution in [0.2, 0.25) is 0 Å². The Kier molecular flexibility index (Phi) is 1.79. The first-order valence-corrected chi connectivity index (χ1v) is 6.65.